The number of halogens is 1. The summed E-state index contributed by atoms with van der Waals surface area (Å²) < 4.78 is 23.7. The molecule has 5 nitrogen and oxygen atoms in total. The molecular weight excluding hydrogens is 299 g/mol. The molecule has 1 aromatic carbocycles. The zero-order valence-electron chi connectivity index (χ0n) is 13.5. The molecule has 1 atom stereocenters. The summed E-state index contributed by atoms with van der Waals surface area (Å²) in [6.45, 7) is 6.57. The number of amides is 1. The maximum absolute atomic E-state index is 12.8. The minimum absolute atomic E-state index is 0.160. The lowest BCUT2D eigenvalue weighted by Gasteiger charge is -2.44. The van der Waals surface area contributed by atoms with Crippen molar-refractivity contribution in [1.29, 1.82) is 0 Å². The summed E-state index contributed by atoms with van der Waals surface area (Å²) >= 11 is 0. The summed E-state index contributed by atoms with van der Waals surface area (Å²) in [5.41, 5.74) is -0.160. The van der Waals surface area contributed by atoms with Crippen LogP contribution in [0.2, 0.25) is 0 Å². The molecule has 1 amide bonds. The second kappa shape index (κ2) is 6.74. The van der Waals surface area contributed by atoms with Crippen LogP contribution in [0.5, 0.6) is 5.75 Å². The van der Waals surface area contributed by atoms with Crippen LogP contribution in [0.25, 0.3) is 0 Å². The van der Waals surface area contributed by atoms with Crippen LogP contribution in [0.3, 0.4) is 0 Å². The van der Waals surface area contributed by atoms with E-state index in [2.05, 4.69) is 11.8 Å². The Bertz CT molecular complexity index is 551. The molecule has 126 valence electrons. The molecular formula is C17H23FN2O3. The Balaban J connectivity index is 1.44. The molecule has 0 spiro atoms. The Hall–Kier alpha value is -1.82. The van der Waals surface area contributed by atoms with Gasteiger partial charge in [0, 0.05) is 26.2 Å². The van der Waals surface area contributed by atoms with Gasteiger partial charge in [0.05, 0.1) is 12.1 Å². The number of piperazine rings is 1. The maximum Gasteiger partial charge on any atom is 0.410 e. The van der Waals surface area contributed by atoms with Gasteiger partial charge in [0.25, 0.3) is 0 Å². The van der Waals surface area contributed by atoms with E-state index in [0.29, 0.717) is 19.0 Å². The first kappa shape index (κ1) is 16.1. The molecule has 23 heavy (non-hydrogen) atoms. The van der Waals surface area contributed by atoms with E-state index in [9.17, 15) is 9.18 Å². The van der Waals surface area contributed by atoms with Gasteiger partial charge in [-0.05, 0) is 37.1 Å². The molecule has 0 radical (unpaired) electrons. The van der Waals surface area contributed by atoms with Gasteiger partial charge in [-0.15, -0.1) is 0 Å². The van der Waals surface area contributed by atoms with E-state index in [1.165, 1.54) is 12.1 Å². The lowest BCUT2D eigenvalue weighted by Crippen LogP contribution is -2.61. The number of fused-ring (bicyclic) bond motifs is 1. The third-order valence-corrected chi connectivity index (χ3v) is 4.77. The predicted molar refractivity (Wildman–Crippen MR) is 84.0 cm³/mol. The molecule has 2 heterocycles. The zero-order chi connectivity index (χ0) is 16.3. The average Bonchev–Trinajstić information content (AvgIpc) is 2.90. The first-order valence-corrected chi connectivity index (χ1v) is 8.18. The number of rotatable bonds is 6. The number of carbonyl (C=O) groups excluding carboxylic acids is 1. The normalized spacial score (nSPS) is 24.4. The van der Waals surface area contributed by atoms with Crippen molar-refractivity contribution in [3.8, 4) is 5.75 Å². The average molecular weight is 322 g/mol. The molecule has 0 N–H and O–H groups in total. The Labute approximate surface area is 136 Å². The highest BCUT2D eigenvalue weighted by molar-refractivity contribution is 5.71. The number of benzene rings is 1. The monoisotopic (exact) mass is 322 g/mol. The van der Waals surface area contributed by atoms with Crippen LogP contribution in [-0.2, 0) is 4.74 Å². The molecule has 1 aromatic rings. The van der Waals surface area contributed by atoms with Crippen LogP contribution in [0.4, 0.5) is 9.18 Å². The van der Waals surface area contributed by atoms with Gasteiger partial charge in [-0.2, -0.15) is 0 Å². The molecule has 0 aliphatic carbocycles. The van der Waals surface area contributed by atoms with Gasteiger partial charge in [-0.25, -0.2) is 9.18 Å². The summed E-state index contributed by atoms with van der Waals surface area (Å²) in [6, 6.07) is 6.08. The van der Waals surface area contributed by atoms with E-state index in [4.69, 9.17) is 9.47 Å². The second-order valence-electron chi connectivity index (χ2n) is 6.22. The van der Waals surface area contributed by atoms with Gasteiger partial charge in [-0.1, -0.05) is 6.92 Å². The van der Waals surface area contributed by atoms with Crippen molar-refractivity contribution in [3.05, 3.63) is 30.1 Å². The standard InChI is InChI=1S/C17H23FN2O3/c1-2-17-12-19(9-10-20(17)16(21)23-13-17)8-3-11-22-15-6-4-14(18)5-7-15/h4-7H,2-3,8-13H2,1H3. The van der Waals surface area contributed by atoms with Crippen molar-refractivity contribution in [3.63, 3.8) is 0 Å². The molecule has 0 aromatic heterocycles. The number of ether oxygens (including phenoxy) is 2. The Morgan fingerprint density at radius 2 is 2.09 bits per heavy atom. The van der Waals surface area contributed by atoms with E-state index in [-0.39, 0.29) is 17.4 Å². The summed E-state index contributed by atoms with van der Waals surface area (Å²) in [5, 5.41) is 0. The molecule has 2 fully saturated rings. The van der Waals surface area contributed by atoms with Crippen LogP contribution in [0.1, 0.15) is 19.8 Å². The predicted octanol–water partition coefficient (Wildman–Crippen LogP) is 2.51. The highest BCUT2D eigenvalue weighted by Crippen LogP contribution is 2.31. The Morgan fingerprint density at radius 1 is 1.30 bits per heavy atom. The van der Waals surface area contributed by atoms with Gasteiger partial charge < -0.3 is 9.47 Å². The number of hydrogen-bond acceptors (Lipinski definition) is 4. The van der Waals surface area contributed by atoms with Gasteiger partial charge in [-0.3, -0.25) is 9.80 Å². The summed E-state index contributed by atoms with van der Waals surface area (Å²) in [5.74, 6) is 0.435. The fourth-order valence-corrected chi connectivity index (χ4v) is 3.35. The number of carbonyl (C=O) groups is 1. The number of nitrogens with zero attached hydrogens (tertiary/aromatic N) is 2. The molecule has 6 heteroatoms. The minimum atomic E-state index is -0.256. The van der Waals surface area contributed by atoms with Gasteiger partial charge in [0.15, 0.2) is 0 Å². The van der Waals surface area contributed by atoms with Crippen LogP contribution in [0, 0.1) is 5.82 Å². The SMILES string of the molecule is CCC12COC(=O)N1CCN(CCCOc1ccc(F)cc1)C2. The van der Waals surface area contributed by atoms with E-state index >= 15 is 0 Å². The van der Waals surface area contributed by atoms with Crippen molar-refractivity contribution in [2.24, 2.45) is 0 Å². The number of cyclic esters (lactones) is 1. The van der Waals surface area contributed by atoms with E-state index in [1.807, 2.05) is 4.90 Å². The van der Waals surface area contributed by atoms with Gasteiger partial charge in [0.2, 0.25) is 0 Å². The number of hydrogen-bond donors (Lipinski definition) is 0. The molecule has 2 aliphatic rings. The molecule has 0 bridgehead atoms. The van der Waals surface area contributed by atoms with E-state index < -0.39 is 0 Å². The van der Waals surface area contributed by atoms with Crippen molar-refractivity contribution in [2.45, 2.75) is 25.3 Å². The third-order valence-electron chi connectivity index (χ3n) is 4.77. The zero-order valence-corrected chi connectivity index (χ0v) is 13.5. The van der Waals surface area contributed by atoms with Crippen molar-refractivity contribution >= 4 is 6.09 Å². The topological polar surface area (TPSA) is 42.0 Å². The largest absolute Gasteiger partial charge is 0.494 e. The van der Waals surface area contributed by atoms with Crippen molar-refractivity contribution in [2.75, 3.05) is 39.4 Å². The smallest absolute Gasteiger partial charge is 0.410 e. The highest BCUT2D eigenvalue weighted by atomic mass is 19.1. The summed E-state index contributed by atoms with van der Waals surface area (Å²) in [4.78, 5) is 16.0. The second-order valence-corrected chi connectivity index (χ2v) is 6.22. The summed E-state index contributed by atoms with van der Waals surface area (Å²) in [7, 11) is 0. The van der Waals surface area contributed by atoms with Crippen molar-refractivity contribution in [1.82, 2.24) is 9.80 Å². The quantitative estimate of drug-likeness (QED) is 0.755. The van der Waals surface area contributed by atoms with Crippen LogP contribution in [0.15, 0.2) is 24.3 Å². The van der Waals surface area contributed by atoms with Crippen LogP contribution < -0.4 is 4.74 Å². The lowest BCUT2D eigenvalue weighted by atomic mass is 9.93. The molecule has 1 unspecified atom stereocenters. The summed E-state index contributed by atoms with van der Waals surface area (Å²) in [6.07, 6.45) is 1.62. The molecule has 3 rings (SSSR count). The Morgan fingerprint density at radius 3 is 2.83 bits per heavy atom. The molecule has 0 saturated carbocycles. The first-order valence-electron chi connectivity index (χ1n) is 8.18. The fourth-order valence-electron chi connectivity index (χ4n) is 3.35. The van der Waals surface area contributed by atoms with Crippen LogP contribution >= 0.6 is 0 Å². The fraction of sp³-hybridized carbons (Fsp3) is 0.588. The third kappa shape index (κ3) is 3.42. The molecule has 2 saturated heterocycles. The first-order chi connectivity index (χ1) is 11.1. The van der Waals surface area contributed by atoms with Gasteiger partial charge in [0.1, 0.15) is 18.2 Å². The van der Waals surface area contributed by atoms with Crippen LogP contribution in [-0.4, -0.2) is 60.8 Å². The van der Waals surface area contributed by atoms with E-state index in [1.54, 1.807) is 12.1 Å². The maximum atomic E-state index is 12.8. The molecule has 2 aliphatic heterocycles. The highest BCUT2D eigenvalue weighted by Gasteiger charge is 2.49. The van der Waals surface area contributed by atoms with Crippen molar-refractivity contribution < 1.29 is 18.7 Å². The van der Waals surface area contributed by atoms with Gasteiger partial charge >= 0.3 is 6.09 Å². The minimum Gasteiger partial charge on any atom is -0.494 e. The van der Waals surface area contributed by atoms with E-state index in [0.717, 1.165) is 39.0 Å². The lowest BCUT2D eigenvalue weighted by molar-refractivity contribution is 0.0465. The Kier molecular flexibility index (Phi) is 4.71.